The maximum atomic E-state index is 12.7. The largest absolute Gasteiger partial charge is 0.497 e. The highest BCUT2D eigenvalue weighted by atomic mass is 32.2. The number of benzene rings is 2. The molecule has 4 rings (SSSR count). The third-order valence-corrected chi connectivity index (χ3v) is 5.81. The van der Waals surface area contributed by atoms with Crippen molar-refractivity contribution in [2.24, 2.45) is 0 Å². The molecule has 0 spiro atoms. The maximum absolute atomic E-state index is 12.7. The van der Waals surface area contributed by atoms with Gasteiger partial charge in [-0.1, -0.05) is 47.3 Å². The Bertz CT molecular complexity index is 1290. The van der Waals surface area contributed by atoms with Crippen molar-refractivity contribution in [1.82, 2.24) is 19.7 Å². The fourth-order valence-electron chi connectivity index (χ4n) is 3.00. The van der Waals surface area contributed by atoms with Gasteiger partial charge in [-0.3, -0.25) is 9.36 Å². The number of ether oxygens (including phenoxy) is 1. The number of thioether (sulfide) groups is 1. The van der Waals surface area contributed by atoms with Crippen LogP contribution in [0.5, 0.6) is 5.75 Å². The van der Waals surface area contributed by atoms with Crippen LogP contribution >= 0.6 is 11.8 Å². The number of nitrogens with zero attached hydrogens (tertiary/aromatic N) is 3. The third kappa shape index (κ3) is 4.61. The molecule has 2 heterocycles. The van der Waals surface area contributed by atoms with E-state index in [0.29, 0.717) is 28.1 Å². The van der Waals surface area contributed by atoms with E-state index in [0.717, 1.165) is 16.9 Å². The molecule has 0 saturated carbocycles. The summed E-state index contributed by atoms with van der Waals surface area (Å²) in [5.41, 5.74) is 1.36. The van der Waals surface area contributed by atoms with Gasteiger partial charge in [0.05, 0.1) is 24.4 Å². The highest BCUT2D eigenvalue weighted by molar-refractivity contribution is 7.98. The summed E-state index contributed by atoms with van der Waals surface area (Å²) in [5.74, 6) is 1.94. The van der Waals surface area contributed by atoms with Gasteiger partial charge in [0.25, 0.3) is 11.4 Å². The Hall–Kier alpha value is -3.59. The van der Waals surface area contributed by atoms with Crippen LogP contribution in [-0.2, 0) is 12.3 Å². The molecule has 1 N–H and O–H groups in total. The van der Waals surface area contributed by atoms with E-state index in [1.54, 1.807) is 14.0 Å². The van der Waals surface area contributed by atoms with Crippen molar-refractivity contribution in [3.05, 3.63) is 92.4 Å². The lowest BCUT2D eigenvalue weighted by atomic mass is 10.2. The van der Waals surface area contributed by atoms with Crippen molar-refractivity contribution in [1.29, 1.82) is 0 Å². The Morgan fingerprint density at radius 3 is 2.55 bits per heavy atom. The summed E-state index contributed by atoms with van der Waals surface area (Å²) in [6.45, 7) is 1.91. The molecular formula is C22H20N4O4S. The Balaban J connectivity index is 1.49. The zero-order valence-corrected chi connectivity index (χ0v) is 17.8. The average molecular weight is 436 g/mol. The summed E-state index contributed by atoms with van der Waals surface area (Å²) < 4.78 is 11.7. The van der Waals surface area contributed by atoms with Gasteiger partial charge in [0.1, 0.15) is 5.75 Å². The predicted molar refractivity (Wildman–Crippen MR) is 117 cm³/mol. The van der Waals surface area contributed by atoms with Crippen molar-refractivity contribution in [2.75, 3.05) is 7.11 Å². The zero-order valence-electron chi connectivity index (χ0n) is 17.0. The number of hydrogen-bond donors (Lipinski definition) is 1. The predicted octanol–water partition coefficient (Wildman–Crippen LogP) is 3.24. The van der Waals surface area contributed by atoms with Crippen molar-refractivity contribution in [2.45, 2.75) is 24.2 Å². The highest BCUT2D eigenvalue weighted by Gasteiger charge is 2.14. The van der Waals surface area contributed by atoms with Crippen molar-refractivity contribution in [3.8, 4) is 17.2 Å². The summed E-state index contributed by atoms with van der Waals surface area (Å²) in [5, 5.41) is 4.48. The maximum Gasteiger partial charge on any atom is 0.329 e. The first-order chi connectivity index (χ1) is 15.0. The molecule has 2 aromatic carbocycles. The molecule has 0 aliphatic carbocycles. The van der Waals surface area contributed by atoms with E-state index >= 15 is 0 Å². The van der Waals surface area contributed by atoms with E-state index in [1.807, 2.05) is 54.6 Å². The van der Waals surface area contributed by atoms with Crippen LogP contribution in [0, 0.1) is 6.92 Å². The molecule has 8 nitrogen and oxygen atoms in total. The number of methoxy groups -OCH3 is 1. The van der Waals surface area contributed by atoms with Gasteiger partial charge in [-0.05, 0) is 36.8 Å². The standard InChI is InChI=1S/C22H20N4O4S/c1-14-20(24-22(28)26(21(14)27)12-15-6-4-3-5-7-15)31-13-18-23-19(30-25-18)16-8-10-17(29-2)11-9-16/h3-11H,12-13H2,1-2H3,(H,24,28). The lowest BCUT2D eigenvalue weighted by Gasteiger charge is -2.09. The van der Waals surface area contributed by atoms with E-state index in [-0.39, 0.29) is 12.1 Å². The lowest BCUT2D eigenvalue weighted by molar-refractivity contribution is 0.414. The molecule has 31 heavy (non-hydrogen) atoms. The lowest BCUT2D eigenvalue weighted by Crippen LogP contribution is -2.37. The average Bonchev–Trinajstić information content (AvgIpc) is 3.28. The van der Waals surface area contributed by atoms with Crippen LogP contribution in [0.25, 0.3) is 11.5 Å². The molecule has 4 aromatic rings. The minimum atomic E-state index is -0.450. The van der Waals surface area contributed by atoms with Crippen LogP contribution < -0.4 is 16.0 Å². The molecule has 0 fully saturated rings. The molecule has 0 amide bonds. The summed E-state index contributed by atoms with van der Waals surface area (Å²) in [6.07, 6.45) is 0. The monoisotopic (exact) mass is 436 g/mol. The van der Waals surface area contributed by atoms with Crippen LogP contribution in [0.3, 0.4) is 0 Å². The topological polar surface area (TPSA) is 103 Å². The molecule has 0 aliphatic rings. The molecule has 2 aromatic heterocycles. The zero-order chi connectivity index (χ0) is 21.8. The van der Waals surface area contributed by atoms with Gasteiger partial charge in [0, 0.05) is 11.1 Å². The van der Waals surface area contributed by atoms with Gasteiger partial charge in [-0.2, -0.15) is 4.98 Å². The summed E-state index contributed by atoms with van der Waals surface area (Å²) in [6, 6.07) is 16.7. The van der Waals surface area contributed by atoms with E-state index in [1.165, 1.54) is 16.3 Å². The van der Waals surface area contributed by atoms with Crippen LogP contribution in [-0.4, -0.2) is 26.8 Å². The number of H-pyrrole nitrogens is 1. The van der Waals surface area contributed by atoms with Gasteiger partial charge in [-0.15, -0.1) is 0 Å². The van der Waals surface area contributed by atoms with E-state index in [9.17, 15) is 9.59 Å². The first kappa shape index (κ1) is 20.7. The van der Waals surface area contributed by atoms with Gasteiger partial charge in [-0.25, -0.2) is 4.79 Å². The SMILES string of the molecule is COc1ccc(-c2nc(CSc3[nH]c(=O)n(Cc4ccccc4)c(=O)c3C)no2)cc1. The normalized spacial score (nSPS) is 10.9. The summed E-state index contributed by atoms with van der Waals surface area (Å²) >= 11 is 1.28. The Morgan fingerprint density at radius 1 is 1.10 bits per heavy atom. The van der Waals surface area contributed by atoms with E-state index < -0.39 is 5.69 Å². The molecule has 0 radical (unpaired) electrons. The molecule has 9 heteroatoms. The van der Waals surface area contributed by atoms with E-state index in [2.05, 4.69) is 15.1 Å². The van der Waals surface area contributed by atoms with Crippen molar-refractivity contribution >= 4 is 11.8 Å². The Morgan fingerprint density at radius 2 is 1.84 bits per heavy atom. The molecule has 0 saturated heterocycles. The molecule has 0 unspecified atom stereocenters. The van der Waals surface area contributed by atoms with Gasteiger partial charge >= 0.3 is 5.69 Å². The summed E-state index contributed by atoms with van der Waals surface area (Å²) in [4.78, 5) is 32.4. The summed E-state index contributed by atoms with van der Waals surface area (Å²) in [7, 11) is 1.60. The molecular weight excluding hydrogens is 416 g/mol. The molecule has 0 atom stereocenters. The number of hydrogen-bond acceptors (Lipinski definition) is 7. The van der Waals surface area contributed by atoms with Gasteiger partial charge < -0.3 is 14.2 Å². The van der Waals surface area contributed by atoms with Crippen molar-refractivity contribution < 1.29 is 9.26 Å². The van der Waals surface area contributed by atoms with E-state index in [4.69, 9.17) is 9.26 Å². The molecule has 0 bridgehead atoms. The minimum Gasteiger partial charge on any atom is -0.497 e. The quantitative estimate of drug-likeness (QED) is 0.350. The van der Waals surface area contributed by atoms with Crippen molar-refractivity contribution in [3.63, 3.8) is 0 Å². The molecule has 0 aliphatic heterocycles. The second-order valence-corrected chi connectivity index (χ2v) is 7.78. The van der Waals surface area contributed by atoms with Crippen LogP contribution in [0.4, 0.5) is 0 Å². The highest BCUT2D eigenvalue weighted by Crippen LogP contribution is 2.24. The van der Waals surface area contributed by atoms with Crippen LogP contribution in [0.15, 0.2) is 73.7 Å². The Labute approximate surface area is 181 Å². The second-order valence-electron chi connectivity index (χ2n) is 6.79. The number of aromatic nitrogens is 4. The smallest absolute Gasteiger partial charge is 0.329 e. The fraction of sp³-hybridized carbons (Fsp3) is 0.182. The molecule has 158 valence electrons. The second kappa shape index (κ2) is 9.05. The first-order valence-electron chi connectivity index (χ1n) is 9.52. The number of nitrogens with one attached hydrogen (secondary N) is 1. The first-order valence-corrected chi connectivity index (χ1v) is 10.5. The fourth-order valence-corrected chi connectivity index (χ4v) is 3.86. The number of aromatic amines is 1. The number of rotatable bonds is 7. The van der Waals surface area contributed by atoms with Gasteiger partial charge in [0.15, 0.2) is 5.82 Å². The van der Waals surface area contributed by atoms with Crippen LogP contribution in [0.2, 0.25) is 0 Å². The third-order valence-electron chi connectivity index (χ3n) is 4.71. The minimum absolute atomic E-state index is 0.219. The van der Waals surface area contributed by atoms with Crippen LogP contribution in [0.1, 0.15) is 17.0 Å². The Kier molecular flexibility index (Phi) is 6.03. The van der Waals surface area contributed by atoms with Gasteiger partial charge in [0.2, 0.25) is 0 Å².